The average molecular weight is 303 g/mol. The molecule has 1 spiro atoms. The molecule has 3 rings (SSSR count). The van der Waals surface area contributed by atoms with E-state index in [4.69, 9.17) is 23.2 Å². The Morgan fingerprint density at radius 3 is 2.84 bits per heavy atom. The molecule has 5 heteroatoms. The van der Waals surface area contributed by atoms with Crippen LogP contribution in [0.3, 0.4) is 0 Å². The lowest BCUT2D eigenvalue weighted by atomic mass is 9.86. The van der Waals surface area contributed by atoms with Crippen LogP contribution in [0.25, 0.3) is 0 Å². The van der Waals surface area contributed by atoms with Crippen LogP contribution in [0.1, 0.15) is 18.4 Å². The van der Waals surface area contributed by atoms with E-state index in [2.05, 4.69) is 10.2 Å². The van der Waals surface area contributed by atoms with E-state index < -0.39 is 5.82 Å². The first-order valence-electron chi connectivity index (χ1n) is 6.65. The summed E-state index contributed by atoms with van der Waals surface area (Å²) in [6.07, 6.45) is 2.48. The highest BCUT2D eigenvalue weighted by Gasteiger charge is 2.40. The highest BCUT2D eigenvalue weighted by molar-refractivity contribution is 6.42. The zero-order valence-electron chi connectivity index (χ0n) is 10.7. The molecule has 1 aromatic carbocycles. The van der Waals surface area contributed by atoms with Crippen LogP contribution in [-0.2, 0) is 6.54 Å². The third-order valence-electron chi connectivity index (χ3n) is 4.36. The summed E-state index contributed by atoms with van der Waals surface area (Å²) in [7, 11) is 0. The molecule has 1 unspecified atom stereocenters. The molecule has 0 saturated carbocycles. The fourth-order valence-corrected chi connectivity index (χ4v) is 3.63. The lowest BCUT2D eigenvalue weighted by Gasteiger charge is -2.23. The molecule has 0 radical (unpaired) electrons. The van der Waals surface area contributed by atoms with Gasteiger partial charge in [0.2, 0.25) is 0 Å². The monoisotopic (exact) mass is 302 g/mol. The largest absolute Gasteiger partial charge is 0.316 e. The minimum absolute atomic E-state index is 0.0376. The minimum atomic E-state index is -0.451. The van der Waals surface area contributed by atoms with Crippen molar-refractivity contribution in [1.82, 2.24) is 10.2 Å². The summed E-state index contributed by atoms with van der Waals surface area (Å²) in [4.78, 5) is 2.39. The van der Waals surface area contributed by atoms with Crippen LogP contribution in [-0.4, -0.2) is 31.1 Å². The second kappa shape index (κ2) is 5.21. The van der Waals surface area contributed by atoms with E-state index in [1.54, 1.807) is 6.07 Å². The molecule has 2 aliphatic heterocycles. The van der Waals surface area contributed by atoms with Gasteiger partial charge in [-0.05, 0) is 43.0 Å². The lowest BCUT2D eigenvalue weighted by Crippen LogP contribution is -2.29. The molecule has 2 fully saturated rings. The molecule has 2 nitrogen and oxygen atoms in total. The fourth-order valence-electron chi connectivity index (χ4n) is 3.24. The Labute approximate surface area is 122 Å². The summed E-state index contributed by atoms with van der Waals surface area (Å²) in [5.41, 5.74) is 1.35. The Hall–Kier alpha value is -0.350. The van der Waals surface area contributed by atoms with Crippen molar-refractivity contribution in [1.29, 1.82) is 0 Å². The first kappa shape index (κ1) is 13.6. The van der Waals surface area contributed by atoms with Gasteiger partial charge in [0, 0.05) is 19.6 Å². The Balaban J connectivity index is 1.71. The number of nitrogens with one attached hydrogen (secondary N) is 1. The third-order valence-corrected chi connectivity index (χ3v) is 5.26. The number of halogens is 3. The average Bonchev–Trinajstić information content (AvgIpc) is 3.01. The number of likely N-dealkylation sites (tertiary alicyclic amines) is 1. The van der Waals surface area contributed by atoms with Crippen LogP contribution >= 0.6 is 23.2 Å². The molecule has 0 bridgehead atoms. The van der Waals surface area contributed by atoms with Crippen LogP contribution in [0.5, 0.6) is 0 Å². The van der Waals surface area contributed by atoms with E-state index in [1.807, 2.05) is 0 Å². The van der Waals surface area contributed by atoms with Gasteiger partial charge in [0.05, 0.1) is 10.0 Å². The van der Waals surface area contributed by atoms with E-state index in [0.29, 0.717) is 10.4 Å². The lowest BCUT2D eigenvalue weighted by molar-refractivity contribution is 0.268. The molecule has 2 aliphatic rings. The summed E-state index contributed by atoms with van der Waals surface area (Å²) in [6.45, 7) is 5.15. The van der Waals surface area contributed by atoms with Gasteiger partial charge in [-0.2, -0.15) is 0 Å². The second-order valence-electron chi connectivity index (χ2n) is 5.72. The van der Waals surface area contributed by atoms with E-state index in [1.165, 1.54) is 18.9 Å². The van der Waals surface area contributed by atoms with Gasteiger partial charge in [-0.1, -0.05) is 29.3 Å². The van der Waals surface area contributed by atoms with Crippen molar-refractivity contribution in [2.75, 3.05) is 26.2 Å². The zero-order valence-corrected chi connectivity index (χ0v) is 12.2. The SMILES string of the molecule is Fc1ccc(CN2CCC3(CCNC3)C2)c(Cl)c1Cl. The van der Waals surface area contributed by atoms with Gasteiger partial charge in [-0.15, -0.1) is 0 Å². The molecule has 2 heterocycles. The van der Waals surface area contributed by atoms with Crippen molar-refractivity contribution in [2.24, 2.45) is 5.41 Å². The van der Waals surface area contributed by atoms with Gasteiger partial charge in [0.25, 0.3) is 0 Å². The predicted molar refractivity (Wildman–Crippen MR) is 76.2 cm³/mol. The van der Waals surface area contributed by atoms with Crippen molar-refractivity contribution in [3.05, 3.63) is 33.6 Å². The van der Waals surface area contributed by atoms with Crippen LogP contribution < -0.4 is 5.32 Å². The summed E-state index contributed by atoms with van der Waals surface area (Å²) in [5, 5.41) is 3.84. The summed E-state index contributed by atoms with van der Waals surface area (Å²) < 4.78 is 13.3. The second-order valence-corrected chi connectivity index (χ2v) is 6.48. The van der Waals surface area contributed by atoms with E-state index >= 15 is 0 Å². The Morgan fingerprint density at radius 2 is 2.11 bits per heavy atom. The van der Waals surface area contributed by atoms with Crippen LogP contribution in [0, 0.1) is 11.2 Å². The molecule has 19 heavy (non-hydrogen) atoms. The van der Waals surface area contributed by atoms with Crippen LogP contribution in [0.15, 0.2) is 12.1 Å². The Kier molecular flexibility index (Phi) is 3.73. The van der Waals surface area contributed by atoms with Crippen LogP contribution in [0.2, 0.25) is 10.0 Å². The molecule has 1 N–H and O–H groups in total. The van der Waals surface area contributed by atoms with Gasteiger partial charge in [-0.25, -0.2) is 4.39 Å². The smallest absolute Gasteiger partial charge is 0.143 e. The number of benzene rings is 1. The van der Waals surface area contributed by atoms with Gasteiger partial charge < -0.3 is 5.32 Å². The van der Waals surface area contributed by atoms with Crippen molar-refractivity contribution in [3.63, 3.8) is 0 Å². The van der Waals surface area contributed by atoms with Gasteiger partial charge in [0.15, 0.2) is 0 Å². The van der Waals surface area contributed by atoms with E-state index in [0.717, 1.165) is 38.3 Å². The molecule has 1 atom stereocenters. The summed E-state index contributed by atoms with van der Waals surface area (Å²) >= 11 is 12.0. The first-order chi connectivity index (χ1) is 9.10. The van der Waals surface area contributed by atoms with Crippen molar-refractivity contribution in [3.8, 4) is 0 Å². The van der Waals surface area contributed by atoms with E-state index in [9.17, 15) is 4.39 Å². The molecular weight excluding hydrogens is 286 g/mol. The number of rotatable bonds is 2. The standard InChI is InChI=1S/C14H17Cl2FN2/c15-12-10(1-2-11(17)13(12)16)7-19-6-4-14(9-19)3-5-18-8-14/h1-2,18H,3-9H2. The van der Waals surface area contributed by atoms with Crippen molar-refractivity contribution < 1.29 is 4.39 Å². The third kappa shape index (κ3) is 2.62. The highest BCUT2D eigenvalue weighted by Crippen LogP contribution is 2.37. The molecular formula is C14H17Cl2FN2. The molecule has 2 saturated heterocycles. The Bertz CT molecular complexity index is 487. The number of hydrogen-bond donors (Lipinski definition) is 1. The maximum Gasteiger partial charge on any atom is 0.143 e. The molecule has 104 valence electrons. The maximum absolute atomic E-state index is 13.3. The maximum atomic E-state index is 13.3. The van der Waals surface area contributed by atoms with Gasteiger partial charge in [0.1, 0.15) is 5.82 Å². The number of hydrogen-bond acceptors (Lipinski definition) is 2. The quantitative estimate of drug-likeness (QED) is 0.843. The molecule has 0 amide bonds. The van der Waals surface area contributed by atoms with Gasteiger partial charge >= 0.3 is 0 Å². The molecule has 0 aliphatic carbocycles. The topological polar surface area (TPSA) is 15.3 Å². The predicted octanol–water partition coefficient (Wildman–Crippen LogP) is 3.32. The Morgan fingerprint density at radius 1 is 1.26 bits per heavy atom. The zero-order chi connectivity index (χ0) is 13.5. The summed E-state index contributed by atoms with van der Waals surface area (Å²) in [5.74, 6) is -0.451. The minimum Gasteiger partial charge on any atom is -0.316 e. The summed E-state index contributed by atoms with van der Waals surface area (Å²) in [6, 6.07) is 3.13. The van der Waals surface area contributed by atoms with E-state index in [-0.39, 0.29) is 5.02 Å². The number of nitrogens with zero attached hydrogens (tertiary/aromatic N) is 1. The van der Waals surface area contributed by atoms with Gasteiger partial charge in [-0.3, -0.25) is 4.90 Å². The normalized spacial score (nSPS) is 27.5. The van der Waals surface area contributed by atoms with Crippen molar-refractivity contribution >= 4 is 23.2 Å². The molecule has 1 aromatic rings. The fraction of sp³-hybridized carbons (Fsp3) is 0.571. The van der Waals surface area contributed by atoms with Crippen LogP contribution in [0.4, 0.5) is 4.39 Å². The highest BCUT2D eigenvalue weighted by atomic mass is 35.5. The van der Waals surface area contributed by atoms with Crippen molar-refractivity contribution in [2.45, 2.75) is 19.4 Å². The molecule has 0 aromatic heterocycles. The first-order valence-corrected chi connectivity index (χ1v) is 7.41.